The summed E-state index contributed by atoms with van der Waals surface area (Å²) in [7, 11) is 1.59. The zero-order valence-electron chi connectivity index (χ0n) is 14.4. The molecular formula is C19H19Cl2N3O2. The van der Waals surface area contributed by atoms with Crippen molar-refractivity contribution in [2.45, 2.75) is 6.92 Å². The molecule has 2 rings (SSSR count). The quantitative estimate of drug-likeness (QED) is 0.602. The van der Waals surface area contributed by atoms with Crippen molar-refractivity contribution in [3.8, 4) is 0 Å². The van der Waals surface area contributed by atoms with E-state index in [1.165, 1.54) is 11.0 Å². The van der Waals surface area contributed by atoms with Crippen molar-refractivity contribution >= 4 is 52.5 Å². The number of anilines is 2. The molecular weight excluding hydrogens is 373 g/mol. The maximum atomic E-state index is 12.3. The Kier molecular flexibility index (Phi) is 6.66. The lowest BCUT2D eigenvalue weighted by molar-refractivity contribution is -0.122. The Morgan fingerprint density at radius 2 is 1.81 bits per heavy atom. The molecule has 136 valence electrons. The fourth-order valence-electron chi connectivity index (χ4n) is 2.16. The summed E-state index contributed by atoms with van der Waals surface area (Å²) in [6.07, 6.45) is 3.00. The zero-order valence-corrected chi connectivity index (χ0v) is 15.9. The summed E-state index contributed by atoms with van der Waals surface area (Å²) in [6, 6.07) is 10.4. The highest BCUT2D eigenvalue weighted by atomic mass is 35.5. The number of nitrogens with two attached hydrogens (primary N) is 1. The number of carbonyl (C=O) groups is 2. The second-order valence-corrected chi connectivity index (χ2v) is 6.46. The van der Waals surface area contributed by atoms with Crippen molar-refractivity contribution in [1.82, 2.24) is 5.32 Å². The molecule has 7 heteroatoms. The molecule has 0 aliphatic heterocycles. The van der Waals surface area contributed by atoms with Crippen LogP contribution in [0.1, 0.15) is 11.1 Å². The van der Waals surface area contributed by atoms with Gasteiger partial charge in [0, 0.05) is 23.8 Å². The molecule has 0 saturated heterocycles. The molecule has 0 radical (unpaired) electrons. The average molecular weight is 392 g/mol. The summed E-state index contributed by atoms with van der Waals surface area (Å²) >= 11 is 12.3. The Labute approximate surface area is 162 Å². The number of likely N-dealkylation sites (N-methyl/N-ethyl adjacent to an activating group) is 1. The van der Waals surface area contributed by atoms with Gasteiger partial charge in [-0.15, -0.1) is 0 Å². The highest BCUT2D eigenvalue weighted by molar-refractivity contribution is 6.38. The fraction of sp³-hybridized carbons (Fsp3) is 0.158. The van der Waals surface area contributed by atoms with Crippen molar-refractivity contribution < 1.29 is 9.59 Å². The van der Waals surface area contributed by atoms with Crippen LogP contribution in [-0.2, 0) is 9.59 Å². The second kappa shape index (κ2) is 8.74. The topological polar surface area (TPSA) is 75.4 Å². The summed E-state index contributed by atoms with van der Waals surface area (Å²) in [5.41, 5.74) is 8.32. The van der Waals surface area contributed by atoms with Gasteiger partial charge in [-0.2, -0.15) is 0 Å². The molecule has 0 atom stereocenters. The molecule has 0 aromatic heterocycles. The third-order valence-electron chi connectivity index (χ3n) is 3.81. The lowest BCUT2D eigenvalue weighted by atomic mass is 10.2. The molecule has 0 heterocycles. The van der Waals surface area contributed by atoms with Gasteiger partial charge in [0.25, 0.3) is 0 Å². The van der Waals surface area contributed by atoms with E-state index < -0.39 is 0 Å². The van der Waals surface area contributed by atoms with Gasteiger partial charge in [0.2, 0.25) is 11.8 Å². The molecule has 3 N–H and O–H groups in total. The molecule has 2 aromatic carbocycles. The van der Waals surface area contributed by atoms with Crippen LogP contribution in [0.3, 0.4) is 0 Å². The van der Waals surface area contributed by atoms with Gasteiger partial charge in [-0.1, -0.05) is 35.3 Å². The number of nitrogens with one attached hydrogen (secondary N) is 1. The Morgan fingerprint density at radius 3 is 2.46 bits per heavy atom. The first kappa shape index (κ1) is 19.8. The molecule has 0 aliphatic carbocycles. The van der Waals surface area contributed by atoms with Gasteiger partial charge in [0.05, 0.1) is 17.3 Å². The van der Waals surface area contributed by atoms with E-state index in [1.54, 1.807) is 56.4 Å². The van der Waals surface area contributed by atoms with Crippen LogP contribution >= 0.6 is 23.2 Å². The Morgan fingerprint density at radius 1 is 1.15 bits per heavy atom. The summed E-state index contributed by atoms with van der Waals surface area (Å²) in [4.78, 5) is 25.5. The van der Waals surface area contributed by atoms with Gasteiger partial charge in [-0.05, 0) is 48.4 Å². The number of hydrogen-bond donors (Lipinski definition) is 2. The number of hydrogen-bond acceptors (Lipinski definition) is 3. The fourth-order valence-corrected chi connectivity index (χ4v) is 2.66. The van der Waals surface area contributed by atoms with E-state index in [1.807, 2.05) is 0 Å². The van der Waals surface area contributed by atoms with Gasteiger partial charge in [0.1, 0.15) is 0 Å². The number of carbonyl (C=O) groups excluding carboxylic acids is 2. The van der Waals surface area contributed by atoms with Crippen molar-refractivity contribution in [1.29, 1.82) is 0 Å². The van der Waals surface area contributed by atoms with E-state index in [-0.39, 0.29) is 18.4 Å². The second-order valence-electron chi connectivity index (χ2n) is 5.68. The summed E-state index contributed by atoms with van der Waals surface area (Å²) in [5, 5.41) is 3.48. The first-order valence-electron chi connectivity index (χ1n) is 7.82. The third kappa shape index (κ3) is 5.00. The molecule has 2 amide bonds. The maximum absolute atomic E-state index is 12.3. The Bertz CT molecular complexity index is 849. The van der Waals surface area contributed by atoms with E-state index in [2.05, 4.69) is 5.32 Å². The van der Waals surface area contributed by atoms with Gasteiger partial charge in [-0.25, -0.2) is 0 Å². The zero-order chi connectivity index (χ0) is 19.3. The average Bonchev–Trinajstić information content (AvgIpc) is 2.63. The predicted octanol–water partition coefficient (Wildman–Crippen LogP) is 3.68. The van der Waals surface area contributed by atoms with Crippen LogP contribution in [0.15, 0.2) is 42.5 Å². The molecule has 2 aromatic rings. The minimum atomic E-state index is -0.373. The lowest BCUT2D eigenvalue weighted by Gasteiger charge is -2.20. The van der Waals surface area contributed by atoms with Crippen LogP contribution in [-0.4, -0.2) is 25.4 Å². The smallest absolute Gasteiger partial charge is 0.246 e. The number of nitrogens with zero attached hydrogens (tertiary/aromatic N) is 1. The molecule has 0 fully saturated rings. The summed E-state index contributed by atoms with van der Waals surface area (Å²) < 4.78 is 0. The van der Waals surface area contributed by atoms with E-state index >= 15 is 0 Å². The molecule has 26 heavy (non-hydrogen) atoms. The van der Waals surface area contributed by atoms with Crippen LogP contribution in [0.2, 0.25) is 10.0 Å². The number of rotatable bonds is 5. The van der Waals surface area contributed by atoms with Crippen molar-refractivity contribution in [3.63, 3.8) is 0 Å². The van der Waals surface area contributed by atoms with Crippen LogP contribution in [0.5, 0.6) is 0 Å². The van der Waals surface area contributed by atoms with E-state index in [9.17, 15) is 9.59 Å². The van der Waals surface area contributed by atoms with E-state index in [0.29, 0.717) is 27.0 Å². The minimum absolute atomic E-state index is 0.153. The number of benzene rings is 2. The van der Waals surface area contributed by atoms with Crippen LogP contribution in [0.25, 0.3) is 6.08 Å². The summed E-state index contributed by atoms with van der Waals surface area (Å²) in [6.45, 7) is 1.62. The largest absolute Gasteiger partial charge is 0.399 e. The van der Waals surface area contributed by atoms with Crippen LogP contribution in [0, 0.1) is 6.92 Å². The van der Waals surface area contributed by atoms with Crippen molar-refractivity contribution in [2.24, 2.45) is 0 Å². The molecule has 0 saturated carbocycles. The summed E-state index contributed by atoms with van der Waals surface area (Å²) in [5.74, 6) is -0.676. The van der Waals surface area contributed by atoms with Crippen molar-refractivity contribution in [3.05, 3.63) is 63.6 Å². The van der Waals surface area contributed by atoms with Crippen LogP contribution in [0.4, 0.5) is 11.4 Å². The first-order valence-corrected chi connectivity index (χ1v) is 8.58. The van der Waals surface area contributed by atoms with Gasteiger partial charge < -0.3 is 16.0 Å². The highest BCUT2D eigenvalue weighted by Gasteiger charge is 2.16. The Balaban J connectivity index is 1.94. The molecule has 0 spiro atoms. The number of halogens is 2. The maximum Gasteiger partial charge on any atom is 0.246 e. The Hall–Kier alpha value is -2.50. The monoisotopic (exact) mass is 391 g/mol. The minimum Gasteiger partial charge on any atom is -0.399 e. The highest BCUT2D eigenvalue weighted by Crippen LogP contribution is 2.32. The lowest BCUT2D eigenvalue weighted by Crippen LogP contribution is -2.37. The normalized spacial score (nSPS) is 10.8. The third-order valence-corrected chi connectivity index (χ3v) is 4.70. The van der Waals surface area contributed by atoms with Gasteiger partial charge in [-0.3, -0.25) is 9.59 Å². The van der Waals surface area contributed by atoms with Gasteiger partial charge >= 0.3 is 0 Å². The number of amides is 2. The molecule has 0 bridgehead atoms. The first-order chi connectivity index (χ1) is 12.3. The van der Waals surface area contributed by atoms with E-state index in [0.717, 1.165) is 5.56 Å². The number of nitrogen functional groups attached to an aromatic ring is 1. The standard InChI is InChI=1S/C19H19Cl2N3O2/c1-12-15(20)8-9-16(19(12)21)24(2)18(26)11-23-17(25)10-5-13-3-6-14(22)7-4-13/h3-10H,11,22H2,1-2H3,(H,23,25)/b10-5+. The molecule has 0 unspecified atom stereocenters. The van der Waals surface area contributed by atoms with Crippen molar-refractivity contribution in [2.75, 3.05) is 24.2 Å². The van der Waals surface area contributed by atoms with Crippen LogP contribution < -0.4 is 16.0 Å². The molecule has 0 aliphatic rings. The van der Waals surface area contributed by atoms with Gasteiger partial charge in [0.15, 0.2) is 0 Å². The SMILES string of the molecule is Cc1c(Cl)ccc(N(C)C(=O)CNC(=O)/C=C/c2ccc(N)cc2)c1Cl. The molecule has 5 nitrogen and oxygen atoms in total. The predicted molar refractivity (Wildman–Crippen MR) is 108 cm³/mol. The van der Waals surface area contributed by atoms with E-state index in [4.69, 9.17) is 28.9 Å².